The zero-order valence-electron chi connectivity index (χ0n) is 15.0. The first-order chi connectivity index (χ1) is 13.6. The lowest BCUT2D eigenvalue weighted by Gasteiger charge is -2.20. The molecule has 0 aliphatic carbocycles. The molecule has 0 saturated heterocycles. The zero-order valence-corrected chi connectivity index (χ0v) is 15.9. The molecule has 1 N–H and O–H groups in total. The van der Waals surface area contributed by atoms with Crippen LogP contribution in [0.4, 0.5) is 0 Å². The van der Waals surface area contributed by atoms with Crippen molar-refractivity contribution in [3.8, 4) is 11.5 Å². The second-order valence-electron chi connectivity index (χ2n) is 5.78. The van der Waals surface area contributed by atoms with Crippen LogP contribution in [0.1, 0.15) is 11.1 Å². The Labute approximate surface area is 165 Å². The zero-order chi connectivity index (χ0) is 19.7. The molecular weight excluding hydrogens is 378 g/mol. The number of carbonyl (C=O) groups is 1. The monoisotopic (exact) mass is 393 g/mol. The number of fused-ring (bicyclic) bond motifs is 1. The minimum Gasteiger partial charge on any atom is -0.493 e. The van der Waals surface area contributed by atoms with Gasteiger partial charge in [-0.25, -0.2) is 0 Å². The van der Waals surface area contributed by atoms with Crippen LogP contribution in [0.3, 0.4) is 0 Å². The smallest absolute Gasteiger partial charge is 0.283 e. The van der Waals surface area contributed by atoms with Gasteiger partial charge in [-0.05, 0) is 47.7 Å². The number of nitrogens with one attached hydrogen (secondary N) is 1. The summed E-state index contributed by atoms with van der Waals surface area (Å²) in [6, 6.07) is 8.88. The Balaban J connectivity index is 1.68. The molecule has 0 fully saturated rings. The van der Waals surface area contributed by atoms with Crippen LogP contribution < -0.4 is 9.47 Å². The number of ether oxygens (including phenoxy) is 2. The number of hydrogen-bond acceptors (Lipinski definition) is 7. The number of amides is 1. The fraction of sp³-hybridized carbons (Fsp3) is 0.105. The summed E-state index contributed by atoms with van der Waals surface area (Å²) in [5, 5.41) is 15.3. The van der Waals surface area contributed by atoms with Gasteiger partial charge in [0.05, 0.1) is 19.8 Å². The largest absolute Gasteiger partial charge is 0.493 e. The second-order valence-corrected chi connectivity index (χ2v) is 6.73. The Morgan fingerprint density at radius 2 is 1.86 bits per heavy atom. The number of amidine groups is 2. The van der Waals surface area contributed by atoms with Gasteiger partial charge in [0.2, 0.25) is 5.17 Å². The van der Waals surface area contributed by atoms with Gasteiger partial charge < -0.3 is 9.47 Å². The summed E-state index contributed by atoms with van der Waals surface area (Å²) >= 11 is 1.25. The van der Waals surface area contributed by atoms with E-state index in [1.165, 1.54) is 23.9 Å². The predicted octanol–water partition coefficient (Wildman–Crippen LogP) is 2.77. The molecule has 0 radical (unpaired) electrons. The Morgan fingerprint density at radius 1 is 1.11 bits per heavy atom. The molecule has 2 aromatic rings. The lowest BCUT2D eigenvalue weighted by Crippen LogP contribution is -2.35. The summed E-state index contributed by atoms with van der Waals surface area (Å²) < 4.78 is 10.5. The van der Waals surface area contributed by atoms with Crippen molar-refractivity contribution in [2.75, 3.05) is 14.2 Å². The van der Waals surface area contributed by atoms with Crippen LogP contribution in [0.2, 0.25) is 0 Å². The number of thioether (sulfide) groups is 1. The van der Waals surface area contributed by atoms with Crippen LogP contribution in [-0.2, 0) is 4.79 Å². The highest BCUT2D eigenvalue weighted by Crippen LogP contribution is 2.32. The fourth-order valence-electron chi connectivity index (χ4n) is 2.71. The summed E-state index contributed by atoms with van der Waals surface area (Å²) in [5.74, 6) is 0.606. The van der Waals surface area contributed by atoms with Crippen molar-refractivity contribution in [3.05, 3.63) is 59.4 Å². The van der Waals surface area contributed by atoms with Crippen LogP contribution in [0, 0.1) is 5.41 Å². The van der Waals surface area contributed by atoms with E-state index in [0.29, 0.717) is 27.3 Å². The number of aliphatic imine (C=N–C) groups is 1. The standard InChI is InChI=1S/C19H15N5O3S/c1-26-14-4-3-11(10-15(14)27-2)9-13-16(20)24-19(22-17(13)25)28-18(23-24)12-5-7-21-8-6-12/h3-10,20H,1-2H3. The third-order valence-electron chi connectivity index (χ3n) is 4.10. The van der Waals surface area contributed by atoms with Gasteiger partial charge in [-0.15, -0.1) is 0 Å². The Morgan fingerprint density at radius 3 is 2.57 bits per heavy atom. The van der Waals surface area contributed by atoms with E-state index in [-0.39, 0.29) is 11.4 Å². The summed E-state index contributed by atoms with van der Waals surface area (Å²) in [7, 11) is 3.09. The van der Waals surface area contributed by atoms with Crippen LogP contribution in [0.15, 0.2) is 58.4 Å². The molecule has 1 aromatic carbocycles. The van der Waals surface area contributed by atoms with Crippen molar-refractivity contribution in [1.82, 2.24) is 9.99 Å². The van der Waals surface area contributed by atoms with Gasteiger partial charge in [-0.2, -0.15) is 15.1 Å². The van der Waals surface area contributed by atoms with Crippen LogP contribution >= 0.6 is 11.8 Å². The van der Waals surface area contributed by atoms with Crippen molar-refractivity contribution in [2.45, 2.75) is 0 Å². The second kappa shape index (κ2) is 7.28. The normalized spacial score (nSPS) is 17.4. The Bertz CT molecular complexity index is 1060. The third kappa shape index (κ3) is 3.16. The average Bonchev–Trinajstić information content (AvgIpc) is 3.15. The number of rotatable bonds is 4. The fourth-order valence-corrected chi connectivity index (χ4v) is 3.61. The molecule has 8 nitrogen and oxygen atoms in total. The highest BCUT2D eigenvalue weighted by Gasteiger charge is 2.36. The van der Waals surface area contributed by atoms with Crippen molar-refractivity contribution in [1.29, 1.82) is 5.41 Å². The number of hydrogen-bond donors (Lipinski definition) is 1. The number of benzene rings is 1. The molecule has 2 aliphatic rings. The van der Waals surface area contributed by atoms with E-state index >= 15 is 0 Å². The Kier molecular flexibility index (Phi) is 4.66. The average molecular weight is 393 g/mol. The van der Waals surface area contributed by atoms with Gasteiger partial charge in [-0.1, -0.05) is 6.07 Å². The minimum absolute atomic E-state index is 0.0265. The number of aromatic nitrogens is 1. The lowest BCUT2D eigenvalue weighted by atomic mass is 10.1. The van der Waals surface area contributed by atoms with E-state index in [2.05, 4.69) is 15.1 Å². The van der Waals surface area contributed by atoms with E-state index in [1.807, 2.05) is 12.1 Å². The number of pyridine rings is 1. The molecule has 4 rings (SSSR count). The summed E-state index contributed by atoms with van der Waals surface area (Å²) in [5.41, 5.74) is 1.69. The third-order valence-corrected chi connectivity index (χ3v) is 5.06. The van der Waals surface area contributed by atoms with Crippen molar-refractivity contribution < 1.29 is 14.3 Å². The van der Waals surface area contributed by atoms with Gasteiger partial charge in [0.1, 0.15) is 5.04 Å². The maximum Gasteiger partial charge on any atom is 0.283 e. The van der Waals surface area contributed by atoms with Crippen molar-refractivity contribution in [2.24, 2.45) is 10.1 Å². The van der Waals surface area contributed by atoms with E-state index < -0.39 is 5.91 Å². The number of hydrazone groups is 1. The summed E-state index contributed by atoms with van der Waals surface area (Å²) in [6.07, 6.45) is 4.92. The van der Waals surface area contributed by atoms with Gasteiger partial charge in [0.15, 0.2) is 17.3 Å². The highest BCUT2D eigenvalue weighted by atomic mass is 32.2. The van der Waals surface area contributed by atoms with Gasteiger partial charge in [0.25, 0.3) is 5.91 Å². The maximum atomic E-state index is 12.5. The quantitative estimate of drug-likeness (QED) is 0.802. The molecular formula is C19H15N5O3S. The molecule has 140 valence electrons. The lowest BCUT2D eigenvalue weighted by molar-refractivity contribution is -0.114. The summed E-state index contributed by atoms with van der Waals surface area (Å²) in [4.78, 5) is 20.6. The van der Waals surface area contributed by atoms with Crippen molar-refractivity contribution in [3.63, 3.8) is 0 Å². The molecule has 0 unspecified atom stereocenters. The molecule has 0 saturated carbocycles. The van der Waals surface area contributed by atoms with E-state index in [9.17, 15) is 4.79 Å². The predicted molar refractivity (Wildman–Crippen MR) is 108 cm³/mol. The number of nitrogens with zero attached hydrogens (tertiary/aromatic N) is 4. The first-order valence-electron chi connectivity index (χ1n) is 8.23. The van der Waals surface area contributed by atoms with Crippen molar-refractivity contribution >= 4 is 39.8 Å². The molecule has 28 heavy (non-hydrogen) atoms. The van der Waals surface area contributed by atoms with Gasteiger partial charge in [-0.3, -0.25) is 15.2 Å². The van der Waals surface area contributed by atoms with Crippen LogP contribution in [0.25, 0.3) is 6.08 Å². The van der Waals surface area contributed by atoms with Crippen LogP contribution in [-0.4, -0.2) is 46.2 Å². The molecule has 1 amide bonds. The molecule has 0 atom stereocenters. The van der Waals surface area contributed by atoms with Crippen LogP contribution in [0.5, 0.6) is 11.5 Å². The molecule has 0 spiro atoms. The first kappa shape index (κ1) is 17.9. The number of methoxy groups -OCH3 is 2. The molecule has 1 aromatic heterocycles. The van der Waals surface area contributed by atoms with E-state index in [4.69, 9.17) is 14.9 Å². The molecule has 9 heteroatoms. The van der Waals surface area contributed by atoms with E-state index in [0.717, 1.165) is 5.56 Å². The molecule has 3 heterocycles. The first-order valence-corrected chi connectivity index (χ1v) is 9.05. The molecule has 0 bridgehead atoms. The topological polar surface area (TPSA) is 100 Å². The Hall–Kier alpha value is -3.46. The highest BCUT2D eigenvalue weighted by molar-refractivity contribution is 8.27. The SMILES string of the molecule is COc1ccc(C=C2C(=N)N3N=C(c4ccncc4)SC3=NC2=O)cc1OC. The van der Waals surface area contributed by atoms with Gasteiger partial charge >= 0.3 is 0 Å². The molecule has 2 aliphatic heterocycles. The van der Waals surface area contributed by atoms with Gasteiger partial charge in [0, 0.05) is 18.0 Å². The number of carbonyl (C=O) groups excluding carboxylic acids is 1. The minimum atomic E-state index is -0.482. The summed E-state index contributed by atoms with van der Waals surface area (Å²) in [6.45, 7) is 0. The van der Waals surface area contributed by atoms with E-state index in [1.54, 1.807) is 43.8 Å². The maximum absolute atomic E-state index is 12.5.